The van der Waals surface area contributed by atoms with Crippen LogP contribution in [0.3, 0.4) is 0 Å². The van der Waals surface area contributed by atoms with E-state index in [1.807, 2.05) is 30.9 Å². The first-order valence-corrected chi connectivity index (χ1v) is 8.36. The highest BCUT2D eigenvalue weighted by Gasteiger charge is 2.45. The van der Waals surface area contributed by atoms with Crippen molar-refractivity contribution in [3.63, 3.8) is 0 Å². The fourth-order valence-electron chi connectivity index (χ4n) is 3.99. The van der Waals surface area contributed by atoms with E-state index in [0.717, 1.165) is 26.1 Å². The van der Waals surface area contributed by atoms with Gasteiger partial charge in [-0.3, -0.25) is 4.98 Å². The Morgan fingerprint density at radius 3 is 2.65 bits per heavy atom. The third kappa shape index (κ3) is 2.93. The molecule has 1 atom stereocenters. The van der Waals surface area contributed by atoms with Crippen LogP contribution in [0.5, 0.6) is 0 Å². The Morgan fingerprint density at radius 2 is 1.91 bits per heavy atom. The average molecular weight is 310 g/mol. The topological polar surface area (TPSA) is 51.1 Å². The number of aromatic nitrogens is 3. The molecule has 1 spiro atoms. The summed E-state index contributed by atoms with van der Waals surface area (Å²) in [6.07, 6.45) is 14.0. The minimum absolute atomic E-state index is 0.296. The van der Waals surface area contributed by atoms with Gasteiger partial charge in [0.05, 0.1) is 18.0 Å². The molecule has 2 saturated heterocycles. The first kappa shape index (κ1) is 14.6. The maximum absolute atomic E-state index is 6.10. The maximum Gasteiger partial charge on any atom is 0.115 e. The fraction of sp³-hybridized carbons (Fsp3) is 0.500. The van der Waals surface area contributed by atoms with Gasteiger partial charge in [-0.1, -0.05) is 0 Å². The van der Waals surface area contributed by atoms with E-state index in [2.05, 4.69) is 25.9 Å². The van der Waals surface area contributed by atoms with Gasteiger partial charge in [-0.25, -0.2) is 9.97 Å². The van der Waals surface area contributed by atoms with Crippen molar-refractivity contribution in [3.05, 3.63) is 48.8 Å². The second-order valence-corrected chi connectivity index (χ2v) is 6.62. The van der Waals surface area contributed by atoms with Gasteiger partial charge in [0, 0.05) is 50.1 Å². The number of rotatable bonds is 3. The minimum atomic E-state index is 0.296. The predicted octanol–water partition coefficient (Wildman–Crippen LogP) is 2.49. The molecule has 5 heteroatoms. The second kappa shape index (κ2) is 6.24. The zero-order chi connectivity index (χ0) is 15.5. The van der Waals surface area contributed by atoms with Crippen LogP contribution in [0.1, 0.15) is 24.8 Å². The fourth-order valence-corrected chi connectivity index (χ4v) is 3.99. The minimum Gasteiger partial charge on any atom is -0.377 e. The maximum atomic E-state index is 6.10. The Morgan fingerprint density at radius 1 is 1.09 bits per heavy atom. The van der Waals surface area contributed by atoms with Gasteiger partial charge in [-0.2, -0.15) is 0 Å². The first-order chi connectivity index (χ1) is 11.4. The molecule has 4 rings (SSSR count). The molecule has 0 amide bonds. The number of nitrogens with zero attached hydrogens (tertiary/aromatic N) is 4. The number of pyridine rings is 1. The lowest BCUT2D eigenvalue weighted by molar-refractivity contribution is 0.0356. The third-order valence-electron chi connectivity index (χ3n) is 5.41. The van der Waals surface area contributed by atoms with Crippen LogP contribution in [0.25, 0.3) is 0 Å². The van der Waals surface area contributed by atoms with E-state index < -0.39 is 0 Å². The second-order valence-electron chi connectivity index (χ2n) is 6.62. The quantitative estimate of drug-likeness (QED) is 0.872. The SMILES string of the molecule is c1cncc(N2CCC3(CCOC3Cc3cncnc3)CC2)c1. The summed E-state index contributed by atoms with van der Waals surface area (Å²) in [7, 11) is 0. The molecule has 1 unspecified atom stereocenters. The van der Waals surface area contributed by atoms with Crippen LogP contribution in [-0.2, 0) is 11.2 Å². The molecule has 2 aromatic heterocycles. The van der Waals surface area contributed by atoms with E-state index >= 15 is 0 Å². The Bertz CT molecular complexity index is 626. The van der Waals surface area contributed by atoms with Crippen LogP contribution in [0.2, 0.25) is 0 Å². The van der Waals surface area contributed by atoms with Crippen LogP contribution >= 0.6 is 0 Å². The highest BCUT2D eigenvalue weighted by atomic mass is 16.5. The summed E-state index contributed by atoms with van der Waals surface area (Å²) in [6, 6.07) is 4.16. The summed E-state index contributed by atoms with van der Waals surface area (Å²) < 4.78 is 6.10. The number of piperidine rings is 1. The summed E-state index contributed by atoms with van der Waals surface area (Å²) >= 11 is 0. The van der Waals surface area contributed by atoms with Gasteiger partial charge in [-0.05, 0) is 37.0 Å². The molecule has 0 N–H and O–H groups in total. The van der Waals surface area contributed by atoms with Crippen molar-refractivity contribution in [2.45, 2.75) is 31.8 Å². The Hall–Kier alpha value is -2.01. The van der Waals surface area contributed by atoms with Gasteiger partial charge in [0.15, 0.2) is 0 Å². The lowest BCUT2D eigenvalue weighted by Crippen LogP contribution is -2.45. The van der Waals surface area contributed by atoms with E-state index in [0.29, 0.717) is 11.5 Å². The zero-order valence-electron chi connectivity index (χ0n) is 13.3. The molecule has 2 aromatic rings. The van der Waals surface area contributed by atoms with Crippen LogP contribution in [0.4, 0.5) is 5.69 Å². The van der Waals surface area contributed by atoms with Gasteiger partial charge < -0.3 is 9.64 Å². The molecule has 5 nitrogen and oxygen atoms in total. The summed E-state index contributed by atoms with van der Waals surface area (Å²) in [6.45, 7) is 3.04. The monoisotopic (exact) mass is 310 g/mol. The predicted molar refractivity (Wildman–Crippen MR) is 88.2 cm³/mol. The smallest absolute Gasteiger partial charge is 0.115 e. The van der Waals surface area contributed by atoms with Crippen molar-refractivity contribution in [2.75, 3.05) is 24.6 Å². The van der Waals surface area contributed by atoms with Crippen LogP contribution in [0, 0.1) is 5.41 Å². The highest BCUT2D eigenvalue weighted by Crippen LogP contribution is 2.45. The number of hydrogen-bond acceptors (Lipinski definition) is 5. The zero-order valence-corrected chi connectivity index (χ0v) is 13.3. The van der Waals surface area contributed by atoms with Gasteiger partial charge in [-0.15, -0.1) is 0 Å². The van der Waals surface area contributed by atoms with Gasteiger partial charge in [0.1, 0.15) is 6.33 Å². The molecule has 2 fully saturated rings. The molecule has 0 radical (unpaired) electrons. The lowest BCUT2D eigenvalue weighted by Gasteiger charge is -2.43. The van der Waals surface area contributed by atoms with Gasteiger partial charge >= 0.3 is 0 Å². The van der Waals surface area contributed by atoms with Crippen molar-refractivity contribution in [2.24, 2.45) is 5.41 Å². The molecule has 0 bridgehead atoms. The molecular weight excluding hydrogens is 288 g/mol. The largest absolute Gasteiger partial charge is 0.377 e. The average Bonchev–Trinajstić information content (AvgIpc) is 2.99. The van der Waals surface area contributed by atoms with E-state index in [1.54, 1.807) is 6.33 Å². The lowest BCUT2D eigenvalue weighted by atomic mass is 9.71. The normalized spacial score (nSPS) is 23.3. The summed E-state index contributed by atoms with van der Waals surface area (Å²) in [4.78, 5) is 14.9. The Kier molecular flexibility index (Phi) is 3.95. The van der Waals surface area contributed by atoms with E-state index in [-0.39, 0.29) is 0 Å². The van der Waals surface area contributed by atoms with E-state index in [4.69, 9.17) is 4.74 Å². The van der Waals surface area contributed by atoms with Gasteiger partial charge in [0.2, 0.25) is 0 Å². The molecule has 0 saturated carbocycles. The molecule has 23 heavy (non-hydrogen) atoms. The number of ether oxygens (including phenoxy) is 1. The number of hydrogen-bond donors (Lipinski definition) is 0. The van der Waals surface area contributed by atoms with E-state index in [9.17, 15) is 0 Å². The van der Waals surface area contributed by atoms with Crippen molar-refractivity contribution in [1.82, 2.24) is 15.0 Å². The number of anilines is 1. The Balaban J connectivity index is 1.44. The standard InChI is InChI=1S/C18H22N4O/c1-2-16(13-19-6-1)22-7-3-18(4-8-22)5-9-23-17(18)10-15-11-20-14-21-12-15/h1-2,6,11-14,17H,3-5,7-10H2. The molecule has 2 aliphatic heterocycles. The molecular formula is C18H22N4O. The van der Waals surface area contributed by atoms with Crippen molar-refractivity contribution < 1.29 is 4.74 Å². The molecule has 4 heterocycles. The molecule has 0 aliphatic carbocycles. The summed E-state index contributed by atoms with van der Waals surface area (Å²) in [5.41, 5.74) is 2.72. The van der Waals surface area contributed by atoms with Crippen molar-refractivity contribution in [3.8, 4) is 0 Å². The van der Waals surface area contributed by atoms with Crippen LogP contribution in [-0.4, -0.2) is 40.8 Å². The van der Waals surface area contributed by atoms with Gasteiger partial charge in [0.25, 0.3) is 0 Å². The first-order valence-electron chi connectivity index (χ1n) is 8.36. The molecule has 2 aliphatic rings. The third-order valence-corrected chi connectivity index (χ3v) is 5.41. The van der Waals surface area contributed by atoms with Crippen LogP contribution in [0.15, 0.2) is 43.2 Å². The summed E-state index contributed by atoms with van der Waals surface area (Å²) in [5, 5.41) is 0. The molecule has 120 valence electrons. The van der Waals surface area contributed by atoms with Crippen molar-refractivity contribution >= 4 is 5.69 Å². The highest BCUT2D eigenvalue weighted by molar-refractivity contribution is 5.44. The van der Waals surface area contributed by atoms with Crippen LogP contribution < -0.4 is 4.90 Å². The summed E-state index contributed by atoms with van der Waals surface area (Å²) in [5.74, 6) is 0. The molecule has 0 aromatic carbocycles. The Labute approximate surface area is 136 Å². The van der Waals surface area contributed by atoms with Crippen molar-refractivity contribution in [1.29, 1.82) is 0 Å². The van der Waals surface area contributed by atoms with E-state index in [1.165, 1.54) is 30.5 Å².